The fraction of sp³-hybridized carbons (Fsp3) is 0.200. The van der Waals surface area contributed by atoms with Crippen molar-refractivity contribution in [1.29, 1.82) is 0 Å². The summed E-state index contributed by atoms with van der Waals surface area (Å²) in [6.07, 6.45) is 0. The highest BCUT2D eigenvalue weighted by Crippen LogP contribution is 2.44. The van der Waals surface area contributed by atoms with Crippen LogP contribution in [0.1, 0.15) is 17.8 Å². The molecule has 2 aromatic rings. The first-order chi connectivity index (χ1) is 10.9. The van der Waals surface area contributed by atoms with Crippen molar-refractivity contribution < 1.29 is 9.90 Å². The van der Waals surface area contributed by atoms with E-state index in [0.29, 0.717) is 15.7 Å². The number of hydrogen-bond acceptors (Lipinski definition) is 4. The van der Waals surface area contributed by atoms with Crippen LogP contribution in [0, 0.1) is 5.92 Å². The number of carboxylic acid groups (broad SMARTS) is 1. The number of carbonyl (C=O) groups is 1. The number of nitrogens with zero attached hydrogens (tertiary/aromatic N) is 2. The SMILES string of the molecule is CC1C(C(=O)O)=NN(c2ccc(Cl)cc2Cl)C1c1ccc(Br)s1. The Balaban J connectivity index is 2.11. The Morgan fingerprint density at radius 1 is 1.35 bits per heavy atom. The number of rotatable bonds is 3. The standard InChI is InChI=1S/C15H11BrCl2N2O2S/c1-7-13(15(21)22)19-20(10-3-2-8(17)6-9(10)18)14(7)11-4-5-12(16)23-11/h2-7,14H,1H3,(H,21,22). The quantitative estimate of drug-likeness (QED) is 0.699. The van der Waals surface area contributed by atoms with Crippen LogP contribution in [0.5, 0.6) is 0 Å². The third-order valence-electron chi connectivity index (χ3n) is 3.65. The summed E-state index contributed by atoms with van der Waals surface area (Å²) in [6, 6.07) is 8.76. The molecule has 1 aliphatic rings. The van der Waals surface area contributed by atoms with Gasteiger partial charge < -0.3 is 5.11 Å². The summed E-state index contributed by atoms with van der Waals surface area (Å²) in [5, 5.41) is 16.3. The van der Waals surface area contributed by atoms with E-state index in [4.69, 9.17) is 23.2 Å². The molecule has 0 fully saturated rings. The van der Waals surface area contributed by atoms with E-state index in [9.17, 15) is 9.90 Å². The van der Waals surface area contributed by atoms with Gasteiger partial charge in [-0.05, 0) is 46.3 Å². The van der Waals surface area contributed by atoms with Crippen molar-refractivity contribution in [2.75, 3.05) is 5.01 Å². The topological polar surface area (TPSA) is 52.9 Å². The average molecular weight is 434 g/mol. The van der Waals surface area contributed by atoms with Crippen LogP contribution in [0.15, 0.2) is 39.2 Å². The molecule has 0 spiro atoms. The van der Waals surface area contributed by atoms with Crippen molar-refractivity contribution in [1.82, 2.24) is 0 Å². The lowest BCUT2D eigenvalue weighted by Crippen LogP contribution is -2.25. The Morgan fingerprint density at radius 2 is 2.09 bits per heavy atom. The van der Waals surface area contributed by atoms with Crippen LogP contribution in [-0.4, -0.2) is 16.8 Å². The van der Waals surface area contributed by atoms with Crippen molar-refractivity contribution in [3.05, 3.63) is 49.0 Å². The van der Waals surface area contributed by atoms with E-state index in [1.54, 1.807) is 34.5 Å². The van der Waals surface area contributed by atoms with Crippen LogP contribution in [0.4, 0.5) is 5.69 Å². The number of halogens is 3. The molecule has 23 heavy (non-hydrogen) atoms. The number of benzene rings is 1. The van der Waals surface area contributed by atoms with Crippen LogP contribution in [0.3, 0.4) is 0 Å². The van der Waals surface area contributed by atoms with Gasteiger partial charge in [0.15, 0.2) is 5.71 Å². The van der Waals surface area contributed by atoms with Crippen molar-refractivity contribution >= 4 is 67.8 Å². The van der Waals surface area contributed by atoms with Gasteiger partial charge in [0.1, 0.15) is 0 Å². The molecule has 0 saturated heterocycles. The number of aliphatic carboxylic acids is 1. The van der Waals surface area contributed by atoms with Gasteiger partial charge in [-0.1, -0.05) is 30.1 Å². The summed E-state index contributed by atoms with van der Waals surface area (Å²) >= 11 is 17.2. The number of hydrogen-bond donors (Lipinski definition) is 1. The minimum atomic E-state index is -1.02. The highest BCUT2D eigenvalue weighted by atomic mass is 79.9. The lowest BCUT2D eigenvalue weighted by Gasteiger charge is -2.26. The van der Waals surface area contributed by atoms with E-state index in [1.165, 1.54) is 0 Å². The van der Waals surface area contributed by atoms with Gasteiger partial charge in [-0.3, -0.25) is 5.01 Å². The summed E-state index contributed by atoms with van der Waals surface area (Å²) in [6.45, 7) is 1.86. The second kappa shape index (κ2) is 6.43. The molecule has 2 unspecified atom stereocenters. The zero-order valence-electron chi connectivity index (χ0n) is 11.8. The van der Waals surface area contributed by atoms with E-state index in [0.717, 1.165) is 8.66 Å². The van der Waals surface area contributed by atoms with Crippen LogP contribution in [0.2, 0.25) is 10.0 Å². The van der Waals surface area contributed by atoms with E-state index >= 15 is 0 Å². The molecule has 0 bridgehead atoms. The van der Waals surface area contributed by atoms with Gasteiger partial charge in [0.05, 0.1) is 20.5 Å². The molecule has 4 nitrogen and oxygen atoms in total. The van der Waals surface area contributed by atoms with Gasteiger partial charge in [0.2, 0.25) is 0 Å². The molecule has 2 heterocycles. The molecule has 3 rings (SSSR count). The molecular weight excluding hydrogens is 423 g/mol. The predicted molar refractivity (Wildman–Crippen MR) is 97.9 cm³/mol. The summed E-state index contributed by atoms with van der Waals surface area (Å²) in [7, 11) is 0. The second-order valence-corrected chi connectivity index (χ2v) is 8.44. The maximum absolute atomic E-state index is 11.5. The minimum Gasteiger partial charge on any atom is -0.477 e. The summed E-state index contributed by atoms with van der Waals surface area (Å²) in [4.78, 5) is 12.5. The van der Waals surface area contributed by atoms with Crippen molar-refractivity contribution in [2.45, 2.75) is 13.0 Å². The Morgan fingerprint density at radius 3 is 2.65 bits per heavy atom. The molecule has 120 valence electrons. The maximum Gasteiger partial charge on any atom is 0.352 e. The summed E-state index contributed by atoms with van der Waals surface area (Å²) in [5.74, 6) is -1.30. The maximum atomic E-state index is 11.5. The van der Waals surface area contributed by atoms with Gasteiger partial charge >= 0.3 is 5.97 Å². The third kappa shape index (κ3) is 3.13. The zero-order chi connectivity index (χ0) is 16.7. The molecule has 2 atom stereocenters. The molecule has 0 amide bonds. The van der Waals surface area contributed by atoms with Crippen LogP contribution in [0.25, 0.3) is 0 Å². The van der Waals surface area contributed by atoms with Crippen LogP contribution in [-0.2, 0) is 4.79 Å². The second-order valence-electron chi connectivity index (χ2n) is 5.11. The molecular formula is C15H11BrCl2N2O2S. The molecule has 0 aliphatic carbocycles. The zero-order valence-corrected chi connectivity index (χ0v) is 15.7. The third-order valence-corrected chi connectivity index (χ3v) is 5.88. The van der Waals surface area contributed by atoms with Gasteiger partial charge in [-0.2, -0.15) is 5.10 Å². The van der Waals surface area contributed by atoms with E-state index in [-0.39, 0.29) is 17.7 Å². The predicted octanol–water partition coefficient (Wildman–Crippen LogP) is 5.46. The highest BCUT2D eigenvalue weighted by Gasteiger charge is 2.40. The minimum absolute atomic E-state index is 0.116. The Hall–Kier alpha value is -1.08. The molecule has 0 saturated carbocycles. The highest BCUT2D eigenvalue weighted by molar-refractivity contribution is 9.11. The monoisotopic (exact) mass is 432 g/mol. The lowest BCUT2D eigenvalue weighted by molar-refractivity contribution is -0.129. The fourth-order valence-electron chi connectivity index (χ4n) is 2.59. The molecule has 1 aliphatic heterocycles. The summed E-state index contributed by atoms with van der Waals surface area (Å²) in [5.41, 5.74) is 0.749. The van der Waals surface area contributed by atoms with Crippen molar-refractivity contribution in [3.8, 4) is 0 Å². The Bertz CT molecular complexity index is 809. The summed E-state index contributed by atoms with van der Waals surface area (Å²) < 4.78 is 0.977. The average Bonchev–Trinajstić information content (AvgIpc) is 3.02. The smallest absolute Gasteiger partial charge is 0.352 e. The first-order valence-corrected chi connectivity index (χ1v) is 9.06. The van der Waals surface area contributed by atoms with Gasteiger partial charge in [0.25, 0.3) is 0 Å². The van der Waals surface area contributed by atoms with E-state index in [1.807, 2.05) is 19.1 Å². The number of thiophene rings is 1. The normalized spacial score (nSPS) is 20.7. The van der Waals surface area contributed by atoms with Gasteiger partial charge in [0, 0.05) is 15.8 Å². The molecule has 1 N–H and O–H groups in total. The van der Waals surface area contributed by atoms with Crippen LogP contribution < -0.4 is 5.01 Å². The first-order valence-electron chi connectivity index (χ1n) is 6.70. The molecule has 1 aromatic carbocycles. The van der Waals surface area contributed by atoms with E-state index in [2.05, 4.69) is 21.0 Å². The first kappa shape index (κ1) is 16.8. The Kier molecular flexibility index (Phi) is 4.69. The van der Waals surface area contributed by atoms with Crippen LogP contribution >= 0.6 is 50.5 Å². The van der Waals surface area contributed by atoms with E-state index < -0.39 is 5.97 Å². The van der Waals surface area contributed by atoms with Gasteiger partial charge in [-0.15, -0.1) is 11.3 Å². The molecule has 8 heteroatoms. The van der Waals surface area contributed by atoms with Crippen molar-refractivity contribution in [2.24, 2.45) is 11.0 Å². The number of hydrazone groups is 1. The lowest BCUT2D eigenvalue weighted by atomic mass is 9.96. The number of carboxylic acids is 1. The molecule has 0 radical (unpaired) electrons. The van der Waals surface area contributed by atoms with Gasteiger partial charge in [-0.25, -0.2) is 4.79 Å². The number of anilines is 1. The van der Waals surface area contributed by atoms with Crippen molar-refractivity contribution in [3.63, 3.8) is 0 Å². The largest absolute Gasteiger partial charge is 0.477 e. The fourth-order valence-corrected chi connectivity index (χ4v) is 4.70. The molecule has 1 aromatic heterocycles. The Labute approximate surface area is 155 Å².